The van der Waals surface area contributed by atoms with E-state index in [1.54, 1.807) is 31.4 Å². The molecule has 0 aromatic heterocycles. The molecule has 4 aromatic carbocycles. The maximum Gasteiger partial charge on any atom is 0.258 e. The minimum absolute atomic E-state index is 0.0433. The number of methoxy groups -OCH3 is 1. The van der Waals surface area contributed by atoms with Crippen molar-refractivity contribution in [2.75, 3.05) is 16.9 Å². The number of anilines is 2. The molecule has 2 atom stereocenters. The molecule has 1 heterocycles. The first-order valence-electron chi connectivity index (χ1n) is 14.6. The van der Waals surface area contributed by atoms with E-state index in [2.05, 4.69) is 26.0 Å². The third-order valence-electron chi connectivity index (χ3n) is 7.95. The number of rotatable bonds is 9. The molecule has 0 saturated carbocycles. The Morgan fingerprint density at radius 1 is 0.829 bits per heavy atom. The van der Waals surface area contributed by atoms with Crippen molar-refractivity contribution >= 4 is 23.2 Å². The molecule has 2 unspecified atom stereocenters. The number of unbranched alkanes of at least 4 members (excludes halogenated alkanes) is 2. The Balaban J connectivity index is 1.51. The zero-order valence-corrected chi connectivity index (χ0v) is 24.1. The molecule has 0 fully saturated rings. The van der Waals surface area contributed by atoms with E-state index >= 15 is 0 Å². The van der Waals surface area contributed by atoms with Gasteiger partial charge in [-0.05, 0) is 91.9 Å². The van der Waals surface area contributed by atoms with Gasteiger partial charge < -0.3 is 14.5 Å². The first-order chi connectivity index (χ1) is 20.0. The Bertz CT molecular complexity index is 1470. The van der Waals surface area contributed by atoms with Crippen LogP contribution in [-0.4, -0.2) is 25.0 Å². The topological polar surface area (TPSA) is 49.9 Å². The van der Waals surface area contributed by atoms with Crippen LogP contribution in [0.15, 0.2) is 103 Å². The molecule has 210 valence electrons. The van der Waals surface area contributed by atoms with Crippen LogP contribution in [0.4, 0.5) is 11.4 Å². The van der Waals surface area contributed by atoms with E-state index in [1.165, 1.54) is 18.4 Å². The summed E-state index contributed by atoms with van der Waals surface area (Å²) in [4.78, 5) is 31.8. The van der Waals surface area contributed by atoms with Gasteiger partial charge in [0.1, 0.15) is 5.75 Å². The van der Waals surface area contributed by atoms with Crippen LogP contribution in [0.2, 0.25) is 0 Å². The zero-order chi connectivity index (χ0) is 28.8. The van der Waals surface area contributed by atoms with Gasteiger partial charge in [-0.15, -0.1) is 0 Å². The number of carbonyl (C=O) groups excluding carboxylic acids is 2. The van der Waals surface area contributed by atoms with Gasteiger partial charge in [0.15, 0.2) is 0 Å². The molecule has 2 amide bonds. The zero-order valence-electron chi connectivity index (χ0n) is 24.1. The van der Waals surface area contributed by atoms with Crippen molar-refractivity contribution in [3.8, 4) is 5.75 Å². The van der Waals surface area contributed by atoms with Gasteiger partial charge in [-0.25, -0.2) is 0 Å². The Kier molecular flexibility index (Phi) is 8.83. The van der Waals surface area contributed by atoms with Gasteiger partial charge in [0, 0.05) is 28.5 Å². The molecule has 4 aromatic rings. The third kappa shape index (κ3) is 6.04. The molecule has 0 bridgehead atoms. The summed E-state index contributed by atoms with van der Waals surface area (Å²) in [5.41, 5.74) is 5.14. The number of para-hydroxylation sites is 2. The Morgan fingerprint density at radius 2 is 1.49 bits per heavy atom. The van der Waals surface area contributed by atoms with Crippen LogP contribution in [0.1, 0.15) is 77.4 Å². The van der Waals surface area contributed by atoms with Crippen molar-refractivity contribution in [1.82, 2.24) is 0 Å². The Hall–Kier alpha value is -4.38. The molecule has 0 spiro atoms. The molecule has 0 N–H and O–H groups in total. The highest BCUT2D eigenvalue weighted by Gasteiger charge is 2.39. The van der Waals surface area contributed by atoms with Gasteiger partial charge >= 0.3 is 0 Å². The molecule has 0 aliphatic carbocycles. The molecule has 41 heavy (non-hydrogen) atoms. The number of amides is 2. The first-order valence-corrected chi connectivity index (χ1v) is 14.6. The number of hydrogen-bond donors (Lipinski definition) is 0. The standard InChI is InChI=1S/C36H38N2O3/c1-4-5-7-12-27-17-19-28(20-18-27)36(40)38(30-13-8-6-9-14-30)34-25-26(2)37(33-16-11-10-15-32(33)34)35(39)29-21-23-31(41-3)24-22-29/h6,8-11,13-24,26,34H,4-5,7,12,25H2,1-3H3. The second-order valence-electron chi connectivity index (χ2n) is 10.7. The smallest absolute Gasteiger partial charge is 0.258 e. The van der Waals surface area contributed by atoms with E-state index in [1.807, 2.05) is 76.5 Å². The van der Waals surface area contributed by atoms with Gasteiger partial charge in [-0.3, -0.25) is 9.59 Å². The van der Waals surface area contributed by atoms with Crippen LogP contribution < -0.4 is 14.5 Å². The predicted molar refractivity (Wildman–Crippen MR) is 166 cm³/mol. The lowest BCUT2D eigenvalue weighted by atomic mass is 9.89. The number of benzene rings is 4. The summed E-state index contributed by atoms with van der Waals surface area (Å²) in [6.45, 7) is 4.27. The molecule has 5 rings (SSSR count). The average Bonchev–Trinajstić information content (AvgIpc) is 3.02. The maximum atomic E-state index is 14.3. The van der Waals surface area contributed by atoms with Crippen LogP contribution in [0.3, 0.4) is 0 Å². The van der Waals surface area contributed by atoms with Crippen molar-refractivity contribution in [1.29, 1.82) is 0 Å². The van der Waals surface area contributed by atoms with Gasteiger partial charge in [0.2, 0.25) is 0 Å². The van der Waals surface area contributed by atoms with Gasteiger partial charge in [-0.1, -0.05) is 68.3 Å². The van der Waals surface area contributed by atoms with E-state index in [0.717, 1.165) is 29.8 Å². The second-order valence-corrected chi connectivity index (χ2v) is 10.7. The number of aryl methyl sites for hydroxylation is 1. The molecule has 0 radical (unpaired) electrons. The number of ether oxygens (including phenoxy) is 1. The molecule has 1 aliphatic rings. The summed E-state index contributed by atoms with van der Waals surface area (Å²) in [6.07, 6.45) is 5.18. The molecule has 5 nitrogen and oxygen atoms in total. The molecule has 1 aliphatic heterocycles. The van der Waals surface area contributed by atoms with Crippen LogP contribution >= 0.6 is 0 Å². The monoisotopic (exact) mass is 546 g/mol. The molecular formula is C36H38N2O3. The number of nitrogens with zero attached hydrogens (tertiary/aromatic N) is 2. The first kappa shape index (κ1) is 28.2. The quantitative estimate of drug-likeness (QED) is 0.199. The second kappa shape index (κ2) is 12.9. The summed E-state index contributed by atoms with van der Waals surface area (Å²) >= 11 is 0. The predicted octanol–water partition coefficient (Wildman–Crippen LogP) is 8.26. The Labute approximate surface area is 243 Å². The fourth-order valence-corrected chi connectivity index (χ4v) is 5.77. The average molecular weight is 547 g/mol. The third-order valence-corrected chi connectivity index (χ3v) is 7.95. The normalized spacial score (nSPS) is 16.1. The van der Waals surface area contributed by atoms with Crippen molar-refractivity contribution in [2.45, 2.75) is 58.0 Å². The fraction of sp³-hybridized carbons (Fsp3) is 0.278. The van der Waals surface area contributed by atoms with Gasteiger partial charge in [0.25, 0.3) is 11.8 Å². The number of carbonyl (C=O) groups is 2. The summed E-state index contributed by atoms with van der Waals surface area (Å²) in [5, 5.41) is 0. The van der Waals surface area contributed by atoms with Crippen LogP contribution in [0, 0.1) is 0 Å². The number of hydrogen-bond acceptors (Lipinski definition) is 3. The van der Waals surface area contributed by atoms with Crippen LogP contribution in [-0.2, 0) is 6.42 Å². The summed E-state index contributed by atoms with van der Waals surface area (Å²) in [5.74, 6) is 0.597. The SMILES string of the molecule is CCCCCc1ccc(C(=O)N(c2ccccc2)C2CC(C)N(C(=O)c3ccc(OC)cc3)c3ccccc32)cc1. The largest absolute Gasteiger partial charge is 0.497 e. The van der Waals surface area contributed by atoms with E-state index in [4.69, 9.17) is 4.74 Å². The van der Waals surface area contributed by atoms with Crippen molar-refractivity contribution in [3.05, 3.63) is 125 Å². The Morgan fingerprint density at radius 3 is 2.17 bits per heavy atom. The van der Waals surface area contributed by atoms with Crippen LogP contribution in [0.25, 0.3) is 0 Å². The number of fused-ring (bicyclic) bond motifs is 1. The van der Waals surface area contributed by atoms with Gasteiger partial charge in [0.05, 0.1) is 13.2 Å². The van der Waals surface area contributed by atoms with E-state index in [0.29, 0.717) is 23.3 Å². The highest BCUT2D eigenvalue weighted by molar-refractivity contribution is 6.09. The van der Waals surface area contributed by atoms with Crippen molar-refractivity contribution in [2.24, 2.45) is 0 Å². The lowest BCUT2D eigenvalue weighted by Gasteiger charge is -2.43. The summed E-state index contributed by atoms with van der Waals surface area (Å²) < 4.78 is 5.28. The maximum absolute atomic E-state index is 14.3. The fourth-order valence-electron chi connectivity index (χ4n) is 5.77. The van der Waals surface area contributed by atoms with E-state index in [9.17, 15) is 9.59 Å². The summed E-state index contributed by atoms with van der Waals surface area (Å²) in [6, 6.07) is 32.7. The van der Waals surface area contributed by atoms with Crippen molar-refractivity contribution in [3.63, 3.8) is 0 Å². The highest BCUT2D eigenvalue weighted by atomic mass is 16.5. The molecular weight excluding hydrogens is 508 g/mol. The van der Waals surface area contributed by atoms with Gasteiger partial charge in [-0.2, -0.15) is 0 Å². The molecule has 5 heteroatoms. The lowest BCUT2D eigenvalue weighted by Crippen LogP contribution is -2.47. The van der Waals surface area contributed by atoms with E-state index < -0.39 is 0 Å². The molecule has 0 saturated heterocycles. The minimum atomic E-state index is -0.236. The van der Waals surface area contributed by atoms with Crippen molar-refractivity contribution < 1.29 is 14.3 Å². The minimum Gasteiger partial charge on any atom is -0.497 e. The van der Waals surface area contributed by atoms with Crippen LogP contribution in [0.5, 0.6) is 5.75 Å². The summed E-state index contributed by atoms with van der Waals surface area (Å²) in [7, 11) is 1.61. The highest BCUT2D eigenvalue weighted by Crippen LogP contribution is 2.43. The van der Waals surface area contributed by atoms with E-state index in [-0.39, 0.29) is 23.9 Å². The lowest BCUT2D eigenvalue weighted by molar-refractivity contribution is 0.0965.